The van der Waals surface area contributed by atoms with E-state index in [0.717, 1.165) is 11.1 Å². The fraction of sp³-hybridized carbons (Fsp3) is 0.200. The number of benzene rings is 2. The van der Waals surface area contributed by atoms with Crippen molar-refractivity contribution in [1.82, 2.24) is 0 Å². The predicted octanol–water partition coefficient (Wildman–Crippen LogP) is 1.91. The van der Waals surface area contributed by atoms with Crippen LogP contribution in [-0.2, 0) is 16.4 Å². The van der Waals surface area contributed by atoms with E-state index >= 15 is 0 Å². The van der Waals surface area contributed by atoms with Crippen LogP contribution in [-0.4, -0.2) is 20.1 Å². The minimum Gasteiger partial charge on any atom is -0.398 e. The van der Waals surface area contributed by atoms with Crippen molar-refractivity contribution in [1.29, 1.82) is 0 Å². The van der Waals surface area contributed by atoms with E-state index in [2.05, 4.69) is 4.72 Å². The maximum atomic E-state index is 12.3. The molecule has 5 nitrogen and oxygen atoms in total. The number of aliphatic hydroxyl groups excluding tert-OH is 1. The van der Waals surface area contributed by atoms with Crippen LogP contribution in [0.25, 0.3) is 0 Å². The van der Waals surface area contributed by atoms with Crippen molar-refractivity contribution >= 4 is 21.4 Å². The van der Waals surface area contributed by atoms with Gasteiger partial charge in [-0.25, -0.2) is 8.42 Å². The summed E-state index contributed by atoms with van der Waals surface area (Å²) in [5.41, 5.74) is 8.44. The van der Waals surface area contributed by atoms with E-state index in [1.54, 1.807) is 30.3 Å². The highest BCUT2D eigenvalue weighted by atomic mass is 32.2. The lowest BCUT2D eigenvalue weighted by atomic mass is 10.1. The number of aryl methyl sites for hydroxylation is 1. The first kappa shape index (κ1) is 15.3. The molecular weight excluding hydrogens is 288 g/mol. The summed E-state index contributed by atoms with van der Waals surface area (Å²) in [5.74, 6) is 0. The quantitative estimate of drug-likeness (QED) is 0.736. The molecule has 0 aliphatic carbocycles. The van der Waals surface area contributed by atoms with Crippen molar-refractivity contribution in [2.24, 2.45) is 0 Å². The summed E-state index contributed by atoms with van der Waals surface area (Å²) in [6, 6.07) is 11.5. The first-order chi connectivity index (χ1) is 9.92. The van der Waals surface area contributed by atoms with Crippen LogP contribution in [0, 0.1) is 6.92 Å². The van der Waals surface area contributed by atoms with Gasteiger partial charge in [-0.1, -0.05) is 18.2 Å². The van der Waals surface area contributed by atoms with Gasteiger partial charge in [0.25, 0.3) is 10.0 Å². The molecule has 0 unspecified atom stereocenters. The third-order valence-corrected chi connectivity index (χ3v) is 4.55. The molecule has 21 heavy (non-hydrogen) atoms. The molecule has 0 spiro atoms. The molecule has 0 bridgehead atoms. The molecule has 0 saturated carbocycles. The Morgan fingerprint density at radius 2 is 1.81 bits per heavy atom. The molecular formula is C15H18N2O3S. The fourth-order valence-corrected chi connectivity index (χ4v) is 2.96. The second-order valence-corrected chi connectivity index (χ2v) is 6.48. The lowest BCUT2D eigenvalue weighted by Gasteiger charge is -2.10. The number of sulfonamides is 1. The Balaban J connectivity index is 2.22. The normalized spacial score (nSPS) is 11.3. The zero-order valence-electron chi connectivity index (χ0n) is 11.7. The topological polar surface area (TPSA) is 92.4 Å². The summed E-state index contributed by atoms with van der Waals surface area (Å²) in [7, 11) is -3.66. The lowest BCUT2D eigenvalue weighted by molar-refractivity contribution is 0.299. The van der Waals surface area contributed by atoms with E-state index in [1.807, 2.05) is 6.92 Å². The van der Waals surface area contributed by atoms with E-state index in [0.29, 0.717) is 17.8 Å². The molecule has 0 aliphatic heterocycles. The number of anilines is 2. The van der Waals surface area contributed by atoms with Crippen molar-refractivity contribution in [2.75, 3.05) is 17.1 Å². The summed E-state index contributed by atoms with van der Waals surface area (Å²) in [5, 5.41) is 8.85. The van der Waals surface area contributed by atoms with Crippen LogP contribution in [0.1, 0.15) is 11.1 Å². The number of nitrogen functional groups attached to an aromatic ring is 1. The highest BCUT2D eigenvalue weighted by Gasteiger charge is 2.15. The maximum Gasteiger partial charge on any atom is 0.261 e. The summed E-state index contributed by atoms with van der Waals surface area (Å²) >= 11 is 0. The van der Waals surface area contributed by atoms with E-state index in [1.165, 1.54) is 12.1 Å². The molecule has 2 aromatic carbocycles. The van der Waals surface area contributed by atoms with Gasteiger partial charge in [0.1, 0.15) is 0 Å². The molecule has 0 aromatic heterocycles. The van der Waals surface area contributed by atoms with E-state index in [-0.39, 0.29) is 11.5 Å². The summed E-state index contributed by atoms with van der Waals surface area (Å²) in [6.45, 7) is 1.88. The molecule has 6 heteroatoms. The fourth-order valence-electron chi connectivity index (χ4n) is 1.87. The zero-order valence-corrected chi connectivity index (χ0v) is 12.5. The molecule has 0 radical (unpaired) electrons. The monoisotopic (exact) mass is 306 g/mol. The van der Waals surface area contributed by atoms with Crippen molar-refractivity contribution in [3.05, 3.63) is 53.6 Å². The van der Waals surface area contributed by atoms with Crippen LogP contribution in [0.5, 0.6) is 0 Å². The van der Waals surface area contributed by atoms with Gasteiger partial charge in [-0.05, 0) is 48.7 Å². The molecule has 0 atom stereocenters. The molecule has 0 fully saturated rings. The largest absolute Gasteiger partial charge is 0.398 e. The minimum absolute atomic E-state index is 0.0632. The first-order valence-corrected chi connectivity index (χ1v) is 7.99. The third-order valence-electron chi connectivity index (χ3n) is 3.17. The van der Waals surface area contributed by atoms with Crippen LogP contribution in [0.2, 0.25) is 0 Å². The Kier molecular flexibility index (Phi) is 4.50. The summed E-state index contributed by atoms with van der Waals surface area (Å²) in [6.07, 6.45) is 0.543. The van der Waals surface area contributed by atoms with Crippen molar-refractivity contribution in [3.63, 3.8) is 0 Å². The van der Waals surface area contributed by atoms with Gasteiger partial charge in [-0.2, -0.15) is 0 Å². The predicted molar refractivity (Wildman–Crippen MR) is 83.6 cm³/mol. The second kappa shape index (κ2) is 6.15. The number of nitrogens with two attached hydrogens (primary N) is 1. The Bertz CT molecular complexity index is 725. The van der Waals surface area contributed by atoms with Crippen molar-refractivity contribution in [2.45, 2.75) is 18.2 Å². The number of nitrogens with one attached hydrogen (secondary N) is 1. The average Bonchev–Trinajstić information content (AvgIpc) is 2.44. The molecule has 2 aromatic rings. The van der Waals surface area contributed by atoms with Crippen LogP contribution >= 0.6 is 0 Å². The van der Waals surface area contributed by atoms with Gasteiger partial charge in [-0.15, -0.1) is 0 Å². The SMILES string of the molecule is Cc1ccc(S(=O)(=O)Nc2ccc(CCO)cc2)cc1N. The van der Waals surface area contributed by atoms with Crippen LogP contribution in [0.15, 0.2) is 47.4 Å². The van der Waals surface area contributed by atoms with Crippen LogP contribution in [0.4, 0.5) is 11.4 Å². The molecule has 0 heterocycles. The van der Waals surface area contributed by atoms with Crippen LogP contribution in [0.3, 0.4) is 0 Å². The van der Waals surface area contributed by atoms with Crippen molar-refractivity contribution in [3.8, 4) is 0 Å². The number of hydrogen-bond donors (Lipinski definition) is 3. The van der Waals surface area contributed by atoms with Gasteiger partial charge in [-0.3, -0.25) is 4.72 Å². The standard InChI is InChI=1S/C15H18N2O3S/c1-11-2-7-14(10-15(11)16)21(19,20)17-13-5-3-12(4-6-13)8-9-18/h2-7,10,17-18H,8-9,16H2,1H3. The van der Waals surface area contributed by atoms with Gasteiger partial charge in [0, 0.05) is 18.0 Å². The molecule has 0 amide bonds. The van der Waals surface area contributed by atoms with Gasteiger partial charge in [0.2, 0.25) is 0 Å². The Labute approximate surface area is 124 Å². The van der Waals surface area contributed by atoms with Gasteiger partial charge < -0.3 is 10.8 Å². The number of hydrogen-bond acceptors (Lipinski definition) is 4. The molecule has 2 rings (SSSR count). The summed E-state index contributed by atoms with van der Waals surface area (Å²) in [4.78, 5) is 0.130. The second-order valence-electron chi connectivity index (χ2n) is 4.79. The lowest BCUT2D eigenvalue weighted by Crippen LogP contribution is -2.13. The van der Waals surface area contributed by atoms with Gasteiger partial charge in [0.15, 0.2) is 0 Å². The molecule has 4 N–H and O–H groups in total. The number of aliphatic hydroxyl groups is 1. The first-order valence-electron chi connectivity index (χ1n) is 6.51. The van der Waals surface area contributed by atoms with Gasteiger partial charge in [0.05, 0.1) is 4.90 Å². The highest BCUT2D eigenvalue weighted by Crippen LogP contribution is 2.20. The van der Waals surface area contributed by atoms with E-state index in [9.17, 15) is 8.42 Å². The third kappa shape index (κ3) is 3.74. The average molecular weight is 306 g/mol. The molecule has 0 aliphatic rings. The van der Waals surface area contributed by atoms with E-state index < -0.39 is 10.0 Å². The molecule has 112 valence electrons. The summed E-state index contributed by atoms with van der Waals surface area (Å²) < 4.78 is 27.0. The van der Waals surface area contributed by atoms with Crippen molar-refractivity contribution < 1.29 is 13.5 Å². The van der Waals surface area contributed by atoms with E-state index in [4.69, 9.17) is 10.8 Å². The smallest absolute Gasteiger partial charge is 0.261 e. The Hall–Kier alpha value is -2.05. The zero-order chi connectivity index (χ0) is 15.5. The highest BCUT2D eigenvalue weighted by molar-refractivity contribution is 7.92. The molecule has 0 saturated heterocycles. The Morgan fingerprint density at radius 1 is 1.14 bits per heavy atom. The maximum absolute atomic E-state index is 12.3. The van der Waals surface area contributed by atoms with Gasteiger partial charge >= 0.3 is 0 Å². The minimum atomic E-state index is -3.66. The number of rotatable bonds is 5. The van der Waals surface area contributed by atoms with Crippen LogP contribution < -0.4 is 10.5 Å². The Morgan fingerprint density at radius 3 is 2.38 bits per heavy atom.